The lowest BCUT2D eigenvalue weighted by atomic mass is 9.72. The van der Waals surface area contributed by atoms with E-state index < -0.39 is 0 Å². The van der Waals surface area contributed by atoms with E-state index in [1.54, 1.807) is 0 Å². The topological polar surface area (TPSA) is 32.8 Å². The third-order valence-electron chi connectivity index (χ3n) is 5.20. The van der Waals surface area contributed by atoms with Gasteiger partial charge >= 0.3 is 5.97 Å². The number of carbonyl (C=O) groups is 1. The molecule has 0 aromatic heterocycles. The second kappa shape index (κ2) is 6.39. The molecule has 1 saturated heterocycles. The van der Waals surface area contributed by atoms with Crippen molar-refractivity contribution in [3.05, 3.63) is 35.9 Å². The van der Waals surface area contributed by atoms with Crippen LogP contribution in [0.25, 0.3) is 0 Å². The minimum Gasteiger partial charge on any atom is -0.458 e. The van der Waals surface area contributed by atoms with Crippen molar-refractivity contribution < 1.29 is 9.53 Å². The molecule has 0 N–H and O–H groups in total. The van der Waals surface area contributed by atoms with E-state index in [4.69, 9.17) is 4.74 Å². The number of esters is 1. The van der Waals surface area contributed by atoms with E-state index in [1.165, 1.54) is 6.42 Å². The fourth-order valence-corrected chi connectivity index (χ4v) is 4.18. The summed E-state index contributed by atoms with van der Waals surface area (Å²) in [7, 11) is 6.44. The summed E-state index contributed by atoms with van der Waals surface area (Å²) < 4.78 is 5.98. The highest BCUT2D eigenvalue weighted by Gasteiger charge is 2.46. The first-order valence-corrected chi connectivity index (χ1v) is 8.17. The number of likely N-dealkylation sites (tertiary alicyclic amines) is 1. The minimum absolute atomic E-state index is 0.0463. The average molecular weight is 302 g/mol. The van der Waals surface area contributed by atoms with Gasteiger partial charge in [0.15, 0.2) is 0 Å². The number of rotatable bonds is 3. The van der Waals surface area contributed by atoms with Crippen molar-refractivity contribution in [2.24, 2.45) is 11.8 Å². The van der Waals surface area contributed by atoms with E-state index in [9.17, 15) is 4.79 Å². The third-order valence-corrected chi connectivity index (χ3v) is 5.20. The predicted octanol–water partition coefficient (Wildman–Crippen LogP) is 2.11. The summed E-state index contributed by atoms with van der Waals surface area (Å²) in [6.07, 6.45) is 2.39. The fourth-order valence-electron chi connectivity index (χ4n) is 4.18. The van der Waals surface area contributed by atoms with Crippen molar-refractivity contribution in [1.29, 1.82) is 0 Å². The molecular weight excluding hydrogens is 276 g/mol. The van der Waals surface area contributed by atoms with E-state index in [0.29, 0.717) is 23.4 Å². The molecule has 2 unspecified atom stereocenters. The number of nitrogens with zero attached hydrogens (tertiary/aromatic N) is 2. The smallest absolute Gasteiger partial charge is 0.338 e. The number of ether oxygens (including phenoxy) is 1. The van der Waals surface area contributed by atoms with Crippen LogP contribution >= 0.6 is 0 Å². The lowest BCUT2D eigenvalue weighted by Gasteiger charge is -2.50. The van der Waals surface area contributed by atoms with E-state index in [2.05, 4.69) is 30.9 Å². The van der Waals surface area contributed by atoms with Gasteiger partial charge in [-0.15, -0.1) is 0 Å². The maximum absolute atomic E-state index is 12.5. The molecule has 4 heteroatoms. The second-order valence-electron chi connectivity index (χ2n) is 6.99. The first-order chi connectivity index (χ1) is 10.6. The highest BCUT2D eigenvalue weighted by atomic mass is 16.5. The van der Waals surface area contributed by atoms with Crippen LogP contribution in [0.15, 0.2) is 30.3 Å². The van der Waals surface area contributed by atoms with Gasteiger partial charge in [0.2, 0.25) is 0 Å². The standard InChI is InChI=1S/C18H26N2O2/c1-19(2)16-10-9-14-11-20(3)12-15(16)17(14)22-18(21)13-7-5-4-6-8-13/h4-8,14-17H,9-12H2,1-3H3/t14?,15?,16-,17+/m1/s1. The molecule has 1 aliphatic carbocycles. The Hall–Kier alpha value is -1.39. The molecule has 3 rings (SSSR count). The Balaban J connectivity index is 1.78. The van der Waals surface area contributed by atoms with Crippen LogP contribution in [0.3, 0.4) is 0 Å². The average Bonchev–Trinajstić information content (AvgIpc) is 2.49. The molecule has 1 aromatic carbocycles. The summed E-state index contributed by atoms with van der Waals surface area (Å²) in [4.78, 5) is 17.1. The van der Waals surface area contributed by atoms with E-state index in [1.807, 2.05) is 30.3 Å². The Bertz CT molecular complexity index is 517. The Labute approximate surface area is 133 Å². The van der Waals surface area contributed by atoms with Gasteiger partial charge in [-0.2, -0.15) is 0 Å². The van der Waals surface area contributed by atoms with E-state index >= 15 is 0 Å². The SMILES string of the molecule is CN1CC2CC[C@@H](N(C)C)C(C1)[C@H]2OC(=O)c1ccccc1. The first-order valence-electron chi connectivity index (χ1n) is 8.17. The fraction of sp³-hybridized carbons (Fsp3) is 0.611. The van der Waals surface area contributed by atoms with Crippen LogP contribution < -0.4 is 0 Å². The van der Waals surface area contributed by atoms with Gasteiger partial charge in [0, 0.05) is 31.0 Å². The molecule has 2 aliphatic rings. The Morgan fingerprint density at radius 3 is 2.59 bits per heavy atom. The van der Waals surface area contributed by atoms with Crippen LogP contribution in [0.1, 0.15) is 23.2 Å². The zero-order valence-electron chi connectivity index (χ0n) is 13.7. The van der Waals surface area contributed by atoms with Crippen molar-refractivity contribution in [2.45, 2.75) is 25.0 Å². The van der Waals surface area contributed by atoms with Crippen LogP contribution in [0.2, 0.25) is 0 Å². The van der Waals surface area contributed by atoms with Gasteiger partial charge in [-0.05, 0) is 46.1 Å². The number of piperidine rings is 1. The highest BCUT2D eigenvalue weighted by Crippen LogP contribution is 2.38. The molecule has 2 fully saturated rings. The van der Waals surface area contributed by atoms with Crippen molar-refractivity contribution in [3.63, 3.8) is 0 Å². The molecular formula is C18H26N2O2. The highest BCUT2D eigenvalue weighted by molar-refractivity contribution is 5.89. The summed E-state index contributed by atoms with van der Waals surface area (Å²) in [5, 5.41) is 0. The van der Waals surface area contributed by atoms with Gasteiger partial charge < -0.3 is 14.5 Å². The largest absolute Gasteiger partial charge is 0.458 e. The van der Waals surface area contributed by atoms with Gasteiger partial charge in [0.05, 0.1) is 5.56 Å². The molecule has 1 aliphatic heterocycles. The maximum Gasteiger partial charge on any atom is 0.338 e. The summed E-state index contributed by atoms with van der Waals surface area (Å²) in [6.45, 7) is 2.04. The van der Waals surface area contributed by atoms with Crippen LogP contribution in [0.5, 0.6) is 0 Å². The molecule has 2 bridgehead atoms. The number of benzene rings is 1. The van der Waals surface area contributed by atoms with Gasteiger partial charge in [-0.25, -0.2) is 4.79 Å². The van der Waals surface area contributed by atoms with Gasteiger partial charge in [0.1, 0.15) is 6.10 Å². The second-order valence-corrected chi connectivity index (χ2v) is 6.99. The monoisotopic (exact) mass is 302 g/mol. The zero-order valence-corrected chi connectivity index (χ0v) is 13.7. The zero-order chi connectivity index (χ0) is 15.7. The van der Waals surface area contributed by atoms with Gasteiger partial charge in [-0.3, -0.25) is 0 Å². The summed E-state index contributed by atoms with van der Waals surface area (Å²) in [6, 6.07) is 9.84. The van der Waals surface area contributed by atoms with Gasteiger partial charge in [0.25, 0.3) is 0 Å². The quantitative estimate of drug-likeness (QED) is 0.801. The summed E-state index contributed by atoms with van der Waals surface area (Å²) in [5.41, 5.74) is 0.654. The van der Waals surface area contributed by atoms with Crippen molar-refractivity contribution in [3.8, 4) is 0 Å². The number of carbonyl (C=O) groups excluding carboxylic acids is 1. The lowest BCUT2D eigenvalue weighted by molar-refractivity contribution is -0.0873. The normalized spacial score (nSPS) is 32.0. The first kappa shape index (κ1) is 15.5. The maximum atomic E-state index is 12.5. The van der Waals surface area contributed by atoms with Crippen molar-refractivity contribution in [2.75, 3.05) is 34.2 Å². The lowest BCUT2D eigenvalue weighted by Crippen LogP contribution is -2.59. The molecule has 1 saturated carbocycles. The minimum atomic E-state index is -0.176. The summed E-state index contributed by atoms with van der Waals surface area (Å²) in [5.74, 6) is 0.692. The molecule has 0 amide bonds. The van der Waals surface area contributed by atoms with Crippen LogP contribution in [0.4, 0.5) is 0 Å². The molecule has 1 heterocycles. The van der Waals surface area contributed by atoms with Crippen molar-refractivity contribution >= 4 is 5.97 Å². The predicted molar refractivity (Wildman–Crippen MR) is 86.8 cm³/mol. The molecule has 0 radical (unpaired) electrons. The van der Waals surface area contributed by atoms with Crippen molar-refractivity contribution in [1.82, 2.24) is 9.80 Å². The molecule has 120 valence electrons. The van der Waals surface area contributed by atoms with Crippen LogP contribution in [-0.4, -0.2) is 62.1 Å². The third kappa shape index (κ3) is 3.03. The van der Waals surface area contributed by atoms with E-state index in [0.717, 1.165) is 19.5 Å². The number of hydrogen-bond acceptors (Lipinski definition) is 4. The summed E-state index contributed by atoms with van der Waals surface area (Å²) >= 11 is 0. The molecule has 1 aromatic rings. The molecule has 4 atom stereocenters. The number of fused-ring (bicyclic) bond motifs is 2. The van der Waals surface area contributed by atoms with Crippen LogP contribution in [-0.2, 0) is 4.74 Å². The molecule has 0 spiro atoms. The molecule has 4 nitrogen and oxygen atoms in total. The van der Waals surface area contributed by atoms with E-state index in [-0.39, 0.29) is 12.1 Å². The van der Waals surface area contributed by atoms with Crippen LogP contribution in [0, 0.1) is 11.8 Å². The Morgan fingerprint density at radius 2 is 1.91 bits per heavy atom. The molecule has 22 heavy (non-hydrogen) atoms. The Kier molecular flexibility index (Phi) is 4.50. The van der Waals surface area contributed by atoms with Gasteiger partial charge in [-0.1, -0.05) is 18.2 Å². The Morgan fingerprint density at radius 1 is 1.18 bits per heavy atom. The number of hydrogen-bond donors (Lipinski definition) is 0.